The van der Waals surface area contributed by atoms with Crippen LogP contribution < -0.4 is 33.2 Å². The van der Waals surface area contributed by atoms with Crippen LogP contribution in [0.15, 0.2) is 23.2 Å². The van der Waals surface area contributed by atoms with Gasteiger partial charge in [0.2, 0.25) is 29.5 Å². The van der Waals surface area contributed by atoms with Crippen LogP contribution in [0.5, 0.6) is 11.5 Å². The van der Waals surface area contributed by atoms with Crippen molar-refractivity contribution in [3.05, 3.63) is 23.8 Å². The molecule has 1 heterocycles. The predicted molar refractivity (Wildman–Crippen MR) is 146 cm³/mol. The second-order valence-corrected chi connectivity index (χ2v) is 9.34. The highest BCUT2D eigenvalue weighted by Crippen LogP contribution is 2.26. The molecular formula is C25H38N8O8. The molecular weight excluding hydrogens is 540 g/mol. The van der Waals surface area contributed by atoms with Crippen LogP contribution in [0, 0.1) is 0 Å². The molecule has 2 rings (SSSR count). The third-order valence-electron chi connectivity index (χ3n) is 6.08. The lowest BCUT2D eigenvalue weighted by molar-refractivity contribution is -0.138. The molecule has 1 aliphatic rings. The minimum absolute atomic E-state index is 0.0317. The summed E-state index contributed by atoms with van der Waals surface area (Å²) in [6.07, 6.45) is 1.49. The van der Waals surface area contributed by atoms with Crippen molar-refractivity contribution in [1.29, 1.82) is 0 Å². The number of carbonyl (C=O) groups is 5. The maximum absolute atomic E-state index is 12.8. The number of hydrogen-bond acceptors (Lipinski definition) is 9. The second-order valence-electron chi connectivity index (χ2n) is 9.34. The summed E-state index contributed by atoms with van der Waals surface area (Å²) in [6.45, 7) is -0.0340. The summed E-state index contributed by atoms with van der Waals surface area (Å²) in [5.74, 6) is -3.40. The number of phenols is 2. The molecule has 1 fully saturated rings. The SMILES string of the molecule is NC(=O)COCCNC(=O)[C@H](CCCN=C(N)N)NC(=O)CNC(=O)[C@@H]1CCCN1C(=O)Cc1ccc(O)c(O)c1. The van der Waals surface area contributed by atoms with Crippen LogP contribution in [0.2, 0.25) is 0 Å². The second kappa shape index (κ2) is 16.5. The summed E-state index contributed by atoms with van der Waals surface area (Å²) >= 11 is 0. The Hall–Kier alpha value is -4.60. The molecule has 0 bridgehead atoms. The number of aromatic hydroxyl groups is 2. The molecule has 16 nitrogen and oxygen atoms in total. The van der Waals surface area contributed by atoms with E-state index in [1.165, 1.54) is 23.1 Å². The summed E-state index contributed by atoms with van der Waals surface area (Å²) in [7, 11) is 0. The summed E-state index contributed by atoms with van der Waals surface area (Å²) in [6, 6.07) is 2.31. The van der Waals surface area contributed by atoms with E-state index in [-0.39, 0.29) is 62.5 Å². The molecule has 1 saturated heterocycles. The molecule has 0 aliphatic carbocycles. The number of guanidine groups is 1. The predicted octanol–water partition coefficient (Wildman–Crippen LogP) is -3.10. The minimum atomic E-state index is -0.962. The molecule has 0 aromatic heterocycles. The molecule has 0 spiro atoms. The number of nitrogens with two attached hydrogens (primary N) is 3. The lowest BCUT2D eigenvalue weighted by atomic mass is 10.1. The van der Waals surface area contributed by atoms with Crippen molar-refractivity contribution in [3.63, 3.8) is 0 Å². The van der Waals surface area contributed by atoms with Gasteiger partial charge >= 0.3 is 0 Å². The molecule has 16 heteroatoms. The molecule has 11 N–H and O–H groups in total. The first-order valence-corrected chi connectivity index (χ1v) is 13.0. The highest BCUT2D eigenvalue weighted by molar-refractivity contribution is 5.93. The average molecular weight is 579 g/mol. The van der Waals surface area contributed by atoms with Crippen molar-refractivity contribution in [2.75, 3.05) is 39.4 Å². The van der Waals surface area contributed by atoms with Gasteiger partial charge in [0.1, 0.15) is 18.7 Å². The van der Waals surface area contributed by atoms with E-state index in [2.05, 4.69) is 20.9 Å². The van der Waals surface area contributed by atoms with E-state index in [9.17, 15) is 34.2 Å². The van der Waals surface area contributed by atoms with E-state index >= 15 is 0 Å². The number of nitrogens with zero attached hydrogens (tertiary/aromatic N) is 2. The van der Waals surface area contributed by atoms with Crippen LogP contribution in [-0.4, -0.2) is 102 Å². The molecule has 0 radical (unpaired) electrons. The average Bonchev–Trinajstić information content (AvgIpc) is 3.41. The van der Waals surface area contributed by atoms with Crippen LogP contribution in [-0.2, 0) is 35.1 Å². The first-order chi connectivity index (χ1) is 19.5. The zero-order chi connectivity index (χ0) is 30.4. The van der Waals surface area contributed by atoms with Gasteiger partial charge in [-0.3, -0.25) is 29.0 Å². The van der Waals surface area contributed by atoms with E-state index in [0.717, 1.165) is 0 Å². The number of likely N-dealkylation sites (tertiary alicyclic amines) is 1. The van der Waals surface area contributed by atoms with E-state index in [1.807, 2.05) is 0 Å². The summed E-state index contributed by atoms with van der Waals surface area (Å²) in [4.78, 5) is 66.9. The van der Waals surface area contributed by atoms with Gasteiger partial charge in [-0.05, 0) is 43.4 Å². The Kier molecular flexibility index (Phi) is 13.1. The third-order valence-corrected chi connectivity index (χ3v) is 6.08. The molecule has 1 aromatic carbocycles. The smallest absolute Gasteiger partial charge is 0.243 e. The third kappa shape index (κ3) is 11.6. The molecule has 0 saturated carbocycles. The number of carbonyl (C=O) groups excluding carboxylic acids is 5. The number of aliphatic imine (C=N–C) groups is 1. The van der Waals surface area contributed by atoms with Crippen LogP contribution in [0.4, 0.5) is 0 Å². The summed E-state index contributed by atoms with van der Waals surface area (Å²) in [5, 5.41) is 26.8. The van der Waals surface area contributed by atoms with Gasteiger partial charge in [-0.15, -0.1) is 0 Å². The number of hydrogen-bond donors (Lipinski definition) is 8. The summed E-state index contributed by atoms with van der Waals surface area (Å²) < 4.78 is 4.99. The van der Waals surface area contributed by atoms with Gasteiger partial charge in [-0.1, -0.05) is 6.07 Å². The van der Waals surface area contributed by atoms with Gasteiger partial charge < -0.3 is 53.0 Å². The number of primary amides is 1. The van der Waals surface area contributed by atoms with Gasteiger partial charge in [0.15, 0.2) is 17.5 Å². The highest BCUT2D eigenvalue weighted by Gasteiger charge is 2.34. The minimum Gasteiger partial charge on any atom is -0.504 e. The Bertz CT molecular complexity index is 1120. The summed E-state index contributed by atoms with van der Waals surface area (Å²) in [5.41, 5.74) is 16.1. The Morgan fingerprint density at radius 1 is 1.10 bits per heavy atom. The van der Waals surface area contributed by atoms with E-state index in [1.54, 1.807) is 0 Å². The van der Waals surface area contributed by atoms with Gasteiger partial charge in [0, 0.05) is 19.6 Å². The van der Waals surface area contributed by atoms with E-state index in [0.29, 0.717) is 31.4 Å². The van der Waals surface area contributed by atoms with Crippen LogP contribution in [0.3, 0.4) is 0 Å². The van der Waals surface area contributed by atoms with Gasteiger partial charge in [-0.2, -0.15) is 0 Å². The molecule has 5 amide bonds. The van der Waals surface area contributed by atoms with Gasteiger partial charge in [0.25, 0.3) is 0 Å². The standard InChI is InChI=1S/C25H38N8O8/c26-20(36)14-41-10-8-29-23(39)16(3-1-7-30-25(27)28)32-21(37)13-31-24(40)17-4-2-9-33(17)22(38)12-15-5-6-18(34)19(35)11-15/h5-6,11,16-17,34-35H,1-4,7-10,12-14H2,(H2,26,36)(H,29,39)(H,31,40)(H,32,37)(H4,27,28,30)/t16-,17-/m0/s1. The van der Waals surface area contributed by atoms with Crippen molar-refractivity contribution in [2.45, 2.75) is 44.2 Å². The number of amides is 5. The molecule has 0 unspecified atom stereocenters. The highest BCUT2D eigenvalue weighted by atomic mass is 16.5. The van der Waals surface area contributed by atoms with E-state index < -0.39 is 42.3 Å². The molecule has 1 aromatic rings. The number of benzene rings is 1. The molecule has 1 aliphatic heterocycles. The van der Waals surface area contributed by atoms with Crippen LogP contribution >= 0.6 is 0 Å². The Morgan fingerprint density at radius 3 is 2.54 bits per heavy atom. The fourth-order valence-corrected chi connectivity index (χ4v) is 4.14. The lowest BCUT2D eigenvalue weighted by Gasteiger charge is -2.24. The molecule has 41 heavy (non-hydrogen) atoms. The topological polar surface area (TPSA) is 265 Å². The zero-order valence-corrected chi connectivity index (χ0v) is 22.6. The van der Waals surface area contributed by atoms with Crippen molar-refractivity contribution in [3.8, 4) is 11.5 Å². The zero-order valence-electron chi connectivity index (χ0n) is 22.6. The number of ether oxygens (including phenoxy) is 1. The fraction of sp³-hybridized carbons (Fsp3) is 0.520. The van der Waals surface area contributed by atoms with Crippen LogP contribution in [0.1, 0.15) is 31.2 Å². The molecule has 226 valence electrons. The van der Waals surface area contributed by atoms with Crippen molar-refractivity contribution in [1.82, 2.24) is 20.9 Å². The van der Waals surface area contributed by atoms with Crippen molar-refractivity contribution in [2.24, 2.45) is 22.2 Å². The largest absolute Gasteiger partial charge is 0.504 e. The monoisotopic (exact) mass is 578 g/mol. The number of phenolic OH excluding ortho intramolecular Hbond substituents is 2. The maximum atomic E-state index is 12.8. The fourth-order valence-electron chi connectivity index (χ4n) is 4.14. The van der Waals surface area contributed by atoms with Gasteiger partial charge in [0.05, 0.1) is 19.6 Å². The molecule has 2 atom stereocenters. The number of rotatable bonds is 16. The quantitative estimate of drug-likeness (QED) is 0.0424. The first kappa shape index (κ1) is 32.6. The Morgan fingerprint density at radius 2 is 1.85 bits per heavy atom. The van der Waals surface area contributed by atoms with Gasteiger partial charge in [-0.25, -0.2) is 0 Å². The maximum Gasteiger partial charge on any atom is 0.243 e. The Labute approximate surface area is 236 Å². The van der Waals surface area contributed by atoms with Crippen molar-refractivity contribution < 1.29 is 38.9 Å². The first-order valence-electron chi connectivity index (χ1n) is 13.0. The lowest BCUT2D eigenvalue weighted by Crippen LogP contribution is -2.52. The Balaban J connectivity index is 1.89. The number of nitrogens with one attached hydrogen (secondary N) is 3. The van der Waals surface area contributed by atoms with E-state index in [4.69, 9.17) is 21.9 Å². The van der Waals surface area contributed by atoms with Crippen LogP contribution in [0.25, 0.3) is 0 Å². The normalized spacial score (nSPS) is 15.0. The van der Waals surface area contributed by atoms with Crippen molar-refractivity contribution >= 4 is 35.5 Å².